The summed E-state index contributed by atoms with van der Waals surface area (Å²) in [6, 6.07) is 15.6. The molecule has 4 heteroatoms. The standard InChI is InChI=1S/C16H14O3S/c17-15(9-10-20)19-14-8-4-7-13(11-14)16(18)12-5-2-1-3-6-12/h1-8,11,20H,9-10H2. The smallest absolute Gasteiger partial charge is 0.312 e. The lowest BCUT2D eigenvalue weighted by atomic mass is 10.0. The molecule has 0 aliphatic heterocycles. The highest BCUT2D eigenvalue weighted by Crippen LogP contribution is 2.17. The molecular weight excluding hydrogens is 272 g/mol. The van der Waals surface area contributed by atoms with E-state index in [4.69, 9.17) is 4.74 Å². The lowest BCUT2D eigenvalue weighted by Gasteiger charge is -2.05. The first-order valence-corrected chi connectivity index (χ1v) is 6.85. The maximum Gasteiger partial charge on any atom is 0.312 e. The van der Waals surface area contributed by atoms with Crippen molar-refractivity contribution in [2.75, 3.05) is 5.75 Å². The molecule has 2 aromatic rings. The largest absolute Gasteiger partial charge is 0.426 e. The van der Waals surface area contributed by atoms with Gasteiger partial charge in [0, 0.05) is 16.9 Å². The topological polar surface area (TPSA) is 43.4 Å². The van der Waals surface area contributed by atoms with E-state index >= 15 is 0 Å². The van der Waals surface area contributed by atoms with Gasteiger partial charge in [-0.05, 0) is 12.1 Å². The van der Waals surface area contributed by atoms with E-state index in [0.29, 0.717) is 22.6 Å². The van der Waals surface area contributed by atoms with Crippen LogP contribution in [0.4, 0.5) is 0 Å². The molecular formula is C16H14O3S. The summed E-state index contributed by atoms with van der Waals surface area (Å²) in [6.07, 6.45) is 0.236. The van der Waals surface area contributed by atoms with Crippen LogP contribution in [0.5, 0.6) is 5.75 Å². The van der Waals surface area contributed by atoms with Gasteiger partial charge in [-0.25, -0.2) is 0 Å². The van der Waals surface area contributed by atoms with Gasteiger partial charge in [0.05, 0.1) is 6.42 Å². The normalized spacial score (nSPS) is 10.1. The van der Waals surface area contributed by atoms with Crippen molar-refractivity contribution in [1.82, 2.24) is 0 Å². The quantitative estimate of drug-likeness (QED) is 0.397. The molecule has 0 radical (unpaired) electrons. The van der Waals surface area contributed by atoms with Crippen LogP contribution in [0.2, 0.25) is 0 Å². The summed E-state index contributed by atoms with van der Waals surface area (Å²) >= 11 is 3.97. The van der Waals surface area contributed by atoms with Crippen LogP contribution < -0.4 is 4.74 Å². The first-order chi connectivity index (χ1) is 9.70. The van der Waals surface area contributed by atoms with Gasteiger partial charge in [0.25, 0.3) is 0 Å². The van der Waals surface area contributed by atoms with Gasteiger partial charge >= 0.3 is 5.97 Å². The van der Waals surface area contributed by atoms with Gasteiger partial charge in [0.1, 0.15) is 5.75 Å². The molecule has 0 heterocycles. The number of ketones is 1. The van der Waals surface area contributed by atoms with E-state index in [-0.39, 0.29) is 18.2 Å². The van der Waals surface area contributed by atoms with E-state index in [1.54, 1.807) is 36.4 Å². The summed E-state index contributed by atoms with van der Waals surface area (Å²) in [6.45, 7) is 0. The Balaban J connectivity index is 2.18. The van der Waals surface area contributed by atoms with Crippen molar-refractivity contribution in [3.05, 3.63) is 65.7 Å². The number of hydrogen-bond donors (Lipinski definition) is 1. The van der Waals surface area contributed by atoms with E-state index in [2.05, 4.69) is 12.6 Å². The van der Waals surface area contributed by atoms with Crippen LogP contribution in [-0.4, -0.2) is 17.5 Å². The van der Waals surface area contributed by atoms with E-state index in [1.165, 1.54) is 0 Å². The second kappa shape index (κ2) is 6.91. The fourth-order valence-corrected chi connectivity index (χ4v) is 1.91. The first-order valence-electron chi connectivity index (χ1n) is 6.22. The van der Waals surface area contributed by atoms with Crippen molar-refractivity contribution >= 4 is 24.4 Å². The Morgan fingerprint density at radius 1 is 0.950 bits per heavy atom. The van der Waals surface area contributed by atoms with Crippen molar-refractivity contribution in [3.8, 4) is 5.75 Å². The fraction of sp³-hybridized carbons (Fsp3) is 0.125. The molecule has 3 nitrogen and oxygen atoms in total. The average molecular weight is 286 g/mol. The predicted octanol–water partition coefficient (Wildman–Crippen LogP) is 3.14. The van der Waals surface area contributed by atoms with Crippen LogP contribution in [0.15, 0.2) is 54.6 Å². The monoisotopic (exact) mass is 286 g/mol. The highest BCUT2D eigenvalue weighted by Gasteiger charge is 2.10. The zero-order valence-electron chi connectivity index (χ0n) is 10.8. The molecule has 0 aliphatic rings. The maximum atomic E-state index is 12.3. The molecule has 0 spiro atoms. The Labute approximate surface area is 123 Å². The Bertz CT molecular complexity index is 608. The average Bonchev–Trinajstić information content (AvgIpc) is 2.48. The molecule has 0 atom stereocenters. The summed E-state index contributed by atoms with van der Waals surface area (Å²) < 4.78 is 5.14. The minimum Gasteiger partial charge on any atom is -0.426 e. The lowest BCUT2D eigenvalue weighted by Crippen LogP contribution is -2.09. The van der Waals surface area contributed by atoms with Crippen LogP contribution in [0.3, 0.4) is 0 Å². The summed E-state index contributed by atoms with van der Waals surface area (Å²) in [5, 5.41) is 0. The van der Waals surface area contributed by atoms with Crippen LogP contribution >= 0.6 is 12.6 Å². The Morgan fingerprint density at radius 2 is 1.65 bits per heavy atom. The van der Waals surface area contributed by atoms with Gasteiger partial charge in [-0.1, -0.05) is 42.5 Å². The zero-order valence-corrected chi connectivity index (χ0v) is 11.7. The molecule has 0 amide bonds. The van der Waals surface area contributed by atoms with E-state index < -0.39 is 0 Å². The number of carbonyl (C=O) groups excluding carboxylic acids is 2. The van der Waals surface area contributed by atoms with Gasteiger partial charge in [0.2, 0.25) is 0 Å². The number of rotatable bonds is 5. The van der Waals surface area contributed by atoms with Gasteiger partial charge in [-0.3, -0.25) is 9.59 Å². The second-order valence-electron chi connectivity index (χ2n) is 4.17. The van der Waals surface area contributed by atoms with Crippen LogP contribution in [0.25, 0.3) is 0 Å². The number of hydrogen-bond acceptors (Lipinski definition) is 4. The molecule has 0 saturated heterocycles. The third kappa shape index (κ3) is 3.71. The van der Waals surface area contributed by atoms with Crippen molar-refractivity contribution in [2.45, 2.75) is 6.42 Å². The van der Waals surface area contributed by atoms with Gasteiger partial charge in [-0.2, -0.15) is 12.6 Å². The van der Waals surface area contributed by atoms with Crippen LogP contribution in [-0.2, 0) is 4.79 Å². The third-order valence-corrected chi connectivity index (χ3v) is 2.90. The van der Waals surface area contributed by atoms with E-state index in [1.807, 2.05) is 18.2 Å². The molecule has 0 unspecified atom stereocenters. The number of benzene rings is 2. The molecule has 0 aromatic heterocycles. The van der Waals surface area contributed by atoms with Crippen molar-refractivity contribution < 1.29 is 14.3 Å². The van der Waals surface area contributed by atoms with Crippen molar-refractivity contribution in [1.29, 1.82) is 0 Å². The molecule has 2 aromatic carbocycles. The number of esters is 1. The third-order valence-electron chi connectivity index (χ3n) is 2.68. The SMILES string of the molecule is O=C(CCS)Oc1cccc(C(=O)c2ccccc2)c1. The van der Waals surface area contributed by atoms with Gasteiger partial charge in [0.15, 0.2) is 5.78 Å². The second-order valence-corrected chi connectivity index (χ2v) is 4.62. The van der Waals surface area contributed by atoms with E-state index in [9.17, 15) is 9.59 Å². The Kier molecular flexibility index (Phi) is 4.96. The molecule has 2 rings (SSSR count). The zero-order chi connectivity index (χ0) is 14.4. The lowest BCUT2D eigenvalue weighted by molar-refractivity contribution is -0.133. The molecule has 0 fully saturated rings. The Hall–Kier alpha value is -2.07. The first kappa shape index (κ1) is 14.3. The van der Waals surface area contributed by atoms with Gasteiger partial charge in [-0.15, -0.1) is 0 Å². The number of ether oxygens (including phenoxy) is 1. The minimum absolute atomic E-state index is 0.0994. The summed E-state index contributed by atoms with van der Waals surface area (Å²) in [7, 11) is 0. The van der Waals surface area contributed by atoms with Crippen molar-refractivity contribution in [3.63, 3.8) is 0 Å². The summed E-state index contributed by atoms with van der Waals surface area (Å²) in [5.74, 6) is 0.349. The highest BCUT2D eigenvalue weighted by atomic mass is 32.1. The minimum atomic E-state index is -0.357. The number of thiol groups is 1. The predicted molar refractivity (Wildman–Crippen MR) is 80.4 cm³/mol. The van der Waals surface area contributed by atoms with Crippen LogP contribution in [0, 0.1) is 0 Å². The molecule has 102 valence electrons. The molecule has 0 saturated carbocycles. The maximum absolute atomic E-state index is 12.3. The summed E-state index contributed by atoms with van der Waals surface area (Å²) in [5.41, 5.74) is 1.10. The van der Waals surface area contributed by atoms with Crippen molar-refractivity contribution in [2.24, 2.45) is 0 Å². The summed E-state index contributed by atoms with van der Waals surface area (Å²) in [4.78, 5) is 23.7. The molecule has 0 N–H and O–H groups in total. The molecule has 0 aliphatic carbocycles. The van der Waals surface area contributed by atoms with Crippen LogP contribution in [0.1, 0.15) is 22.3 Å². The number of carbonyl (C=O) groups is 2. The highest BCUT2D eigenvalue weighted by molar-refractivity contribution is 7.80. The Morgan fingerprint density at radius 3 is 2.35 bits per heavy atom. The molecule has 0 bridgehead atoms. The van der Waals surface area contributed by atoms with E-state index in [0.717, 1.165) is 0 Å². The van der Waals surface area contributed by atoms with Gasteiger partial charge < -0.3 is 4.74 Å². The molecule has 20 heavy (non-hydrogen) atoms. The fourth-order valence-electron chi connectivity index (χ4n) is 1.73.